The van der Waals surface area contributed by atoms with E-state index in [1.807, 2.05) is 18.2 Å². The van der Waals surface area contributed by atoms with Gasteiger partial charge in [-0.2, -0.15) is 0 Å². The summed E-state index contributed by atoms with van der Waals surface area (Å²) in [5, 5.41) is 21.7. The van der Waals surface area contributed by atoms with Gasteiger partial charge in [-0.15, -0.1) is 0 Å². The van der Waals surface area contributed by atoms with Gasteiger partial charge in [0.1, 0.15) is 18.3 Å². The molecule has 7 heteroatoms. The number of carbonyl (C=O) groups is 1. The highest BCUT2D eigenvalue weighted by Gasteiger charge is 2.46. The molecule has 0 aromatic heterocycles. The lowest BCUT2D eigenvalue weighted by molar-refractivity contribution is -0.148. The summed E-state index contributed by atoms with van der Waals surface area (Å²) >= 11 is 0. The zero-order valence-corrected chi connectivity index (χ0v) is 22.0. The molecule has 4 heterocycles. The van der Waals surface area contributed by atoms with E-state index in [2.05, 4.69) is 26.5 Å². The fourth-order valence-electron chi connectivity index (χ4n) is 5.45. The normalized spacial score (nSPS) is 38.8. The molecule has 204 valence electrons. The Bertz CT molecular complexity index is 919. The number of rotatable bonds is 3. The first-order chi connectivity index (χ1) is 17.8. The molecule has 0 aromatic rings. The highest BCUT2D eigenvalue weighted by Crippen LogP contribution is 2.35. The van der Waals surface area contributed by atoms with Gasteiger partial charge in [-0.1, -0.05) is 61.1 Å². The molecule has 0 amide bonds. The summed E-state index contributed by atoms with van der Waals surface area (Å²) in [6.45, 7) is 8.98. The summed E-state index contributed by atoms with van der Waals surface area (Å²) in [6, 6.07) is 0. The van der Waals surface area contributed by atoms with Gasteiger partial charge in [0.15, 0.2) is 0 Å². The van der Waals surface area contributed by atoms with Crippen molar-refractivity contribution in [2.45, 2.75) is 108 Å². The van der Waals surface area contributed by atoms with E-state index in [9.17, 15) is 15.0 Å². The van der Waals surface area contributed by atoms with Crippen LogP contribution in [0, 0.1) is 5.92 Å². The van der Waals surface area contributed by atoms with Crippen LogP contribution in [-0.4, -0.2) is 71.6 Å². The van der Waals surface area contributed by atoms with Crippen LogP contribution in [0.1, 0.15) is 58.8 Å². The van der Waals surface area contributed by atoms with Gasteiger partial charge in [0.25, 0.3) is 0 Å². The second-order valence-corrected chi connectivity index (χ2v) is 11.0. The number of aliphatic hydroxyl groups excluding tert-OH is 2. The Balaban J connectivity index is 1.44. The Labute approximate surface area is 220 Å². The van der Waals surface area contributed by atoms with Crippen molar-refractivity contribution in [1.29, 1.82) is 0 Å². The van der Waals surface area contributed by atoms with E-state index in [0.29, 0.717) is 25.4 Å². The van der Waals surface area contributed by atoms with Gasteiger partial charge in [0.05, 0.1) is 37.1 Å². The van der Waals surface area contributed by atoms with Gasteiger partial charge in [0.2, 0.25) is 0 Å². The molecule has 1 saturated heterocycles. The lowest BCUT2D eigenvalue weighted by Crippen LogP contribution is -2.32. The second-order valence-electron chi connectivity index (χ2n) is 11.0. The van der Waals surface area contributed by atoms with Crippen molar-refractivity contribution in [2.75, 3.05) is 6.61 Å². The highest BCUT2D eigenvalue weighted by atomic mass is 16.6. The van der Waals surface area contributed by atoms with E-state index in [4.69, 9.17) is 18.9 Å². The van der Waals surface area contributed by atoms with Crippen LogP contribution in [0.5, 0.6) is 0 Å². The van der Waals surface area contributed by atoms with Crippen LogP contribution in [0.3, 0.4) is 0 Å². The summed E-state index contributed by atoms with van der Waals surface area (Å²) in [7, 11) is 0. The van der Waals surface area contributed by atoms with Crippen LogP contribution in [-0.2, 0) is 23.7 Å². The molecule has 0 aromatic carbocycles. The van der Waals surface area contributed by atoms with Crippen molar-refractivity contribution in [1.82, 2.24) is 0 Å². The number of hydrogen-bond acceptors (Lipinski definition) is 7. The predicted molar refractivity (Wildman–Crippen MR) is 141 cm³/mol. The first-order valence-corrected chi connectivity index (χ1v) is 13.6. The van der Waals surface area contributed by atoms with Crippen molar-refractivity contribution in [2.24, 2.45) is 5.92 Å². The van der Waals surface area contributed by atoms with Crippen LogP contribution in [0.25, 0.3) is 0 Å². The van der Waals surface area contributed by atoms with Crippen molar-refractivity contribution >= 4 is 5.97 Å². The number of aliphatic hydroxyl groups is 2. The van der Waals surface area contributed by atoms with E-state index >= 15 is 0 Å². The summed E-state index contributed by atoms with van der Waals surface area (Å²) in [5.74, 6) is -0.141. The van der Waals surface area contributed by atoms with Gasteiger partial charge < -0.3 is 29.2 Å². The van der Waals surface area contributed by atoms with Gasteiger partial charge in [-0.25, -0.2) is 4.79 Å². The number of hydrogen-bond donors (Lipinski definition) is 2. The molecule has 2 bridgehead atoms. The molecule has 0 radical (unpaired) electrons. The minimum absolute atomic E-state index is 0.0863. The molecule has 3 unspecified atom stereocenters. The number of ether oxygens (including phenoxy) is 4. The van der Waals surface area contributed by atoms with Gasteiger partial charge in [-0.3, -0.25) is 0 Å². The molecule has 2 N–H and O–H groups in total. The standard InChI is InChI=1S/C30H42O7/c1-19-12-13-34-23(15-19)10-11-25(31)27-18-28-30(37-28)26(32)17-21(3)14-20(2)16-24-8-4-6-22(35-24)7-5-9-29(33)36-27/h4-6,9-12,20,22-28,30-32H,3,7-8,13-18H2,1-2H3/t20-,22-,23?,24-,25-,26-,27-,28?,30?/m0/s1. The van der Waals surface area contributed by atoms with Crippen LogP contribution in [0.4, 0.5) is 0 Å². The summed E-state index contributed by atoms with van der Waals surface area (Å²) in [4.78, 5) is 12.6. The third kappa shape index (κ3) is 8.76. The molecule has 0 saturated carbocycles. The zero-order valence-electron chi connectivity index (χ0n) is 22.0. The predicted octanol–water partition coefficient (Wildman–Crippen LogP) is 4.11. The van der Waals surface area contributed by atoms with E-state index in [1.54, 1.807) is 12.2 Å². The zero-order chi connectivity index (χ0) is 26.4. The third-order valence-electron chi connectivity index (χ3n) is 7.44. The lowest BCUT2D eigenvalue weighted by atomic mass is 9.91. The number of cyclic esters (lactones) is 1. The average molecular weight is 515 g/mol. The maximum Gasteiger partial charge on any atom is 0.330 e. The Kier molecular flexibility index (Phi) is 9.96. The van der Waals surface area contributed by atoms with Crippen molar-refractivity contribution in [3.63, 3.8) is 0 Å². The number of epoxide rings is 1. The third-order valence-corrected chi connectivity index (χ3v) is 7.44. The minimum atomic E-state index is -1.03. The Morgan fingerprint density at radius 1 is 1.14 bits per heavy atom. The Morgan fingerprint density at radius 2 is 1.97 bits per heavy atom. The Hall–Kier alpha value is -2.03. The number of carbonyl (C=O) groups excluding carboxylic acids is 1. The van der Waals surface area contributed by atoms with Crippen LogP contribution in [0.15, 0.2) is 60.3 Å². The largest absolute Gasteiger partial charge is 0.456 e. The molecule has 37 heavy (non-hydrogen) atoms. The highest BCUT2D eigenvalue weighted by molar-refractivity contribution is 5.82. The van der Waals surface area contributed by atoms with Gasteiger partial charge in [0, 0.05) is 12.5 Å². The molecule has 4 rings (SSSR count). The molecular formula is C30H42O7. The van der Waals surface area contributed by atoms with E-state index in [-0.39, 0.29) is 36.9 Å². The summed E-state index contributed by atoms with van der Waals surface area (Å²) in [6.07, 6.45) is 14.3. The first-order valence-electron chi connectivity index (χ1n) is 13.6. The van der Waals surface area contributed by atoms with Crippen molar-refractivity contribution in [3.8, 4) is 0 Å². The summed E-state index contributed by atoms with van der Waals surface area (Å²) in [5.41, 5.74) is 2.23. The lowest BCUT2D eigenvalue weighted by Gasteiger charge is -2.28. The SMILES string of the molecule is C=C1C[C@H](C)C[C@@H]2CC=C[C@@H](CC=CC(=O)O[C@H]([C@@H](O)C=CC3CC(C)=CCO3)CC3OC3[C@@H](O)C1)O2. The average Bonchev–Trinajstić information content (AvgIpc) is 3.61. The van der Waals surface area contributed by atoms with E-state index in [0.717, 1.165) is 31.3 Å². The smallest absolute Gasteiger partial charge is 0.330 e. The number of esters is 1. The molecular weight excluding hydrogens is 472 g/mol. The van der Waals surface area contributed by atoms with Gasteiger partial charge in [-0.05, 0) is 51.4 Å². The fourth-order valence-corrected chi connectivity index (χ4v) is 5.45. The first kappa shape index (κ1) is 28.0. The van der Waals surface area contributed by atoms with Crippen LogP contribution >= 0.6 is 0 Å². The summed E-state index contributed by atoms with van der Waals surface area (Å²) < 4.78 is 23.4. The van der Waals surface area contributed by atoms with Crippen LogP contribution in [0.2, 0.25) is 0 Å². The molecule has 1 fully saturated rings. The van der Waals surface area contributed by atoms with E-state index < -0.39 is 24.3 Å². The molecule has 4 aliphatic heterocycles. The number of fused-ring (bicyclic) bond motifs is 3. The van der Waals surface area contributed by atoms with Crippen molar-refractivity contribution in [3.05, 3.63) is 60.3 Å². The van der Waals surface area contributed by atoms with E-state index in [1.165, 1.54) is 11.6 Å². The molecule has 4 aliphatic rings. The Morgan fingerprint density at radius 3 is 2.78 bits per heavy atom. The molecule has 0 spiro atoms. The monoisotopic (exact) mass is 514 g/mol. The second kappa shape index (κ2) is 13.2. The fraction of sp³-hybridized carbons (Fsp3) is 0.633. The maximum atomic E-state index is 12.6. The van der Waals surface area contributed by atoms with Crippen molar-refractivity contribution < 1.29 is 34.0 Å². The molecule has 7 nitrogen and oxygen atoms in total. The van der Waals surface area contributed by atoms with Gasteiger partial charge >= 0.3 is 5.97 Å². The van der Waals surface area contributed by atoms with Crippen LogP contribution < -0.4 is 0 Å². The minimum Gasteiger partial charge on any atom is -0.456 e. The molecule has 9 atom stereocenters. The molecule has 0 aliphatic carbocycles. The quantitative estimate of drug-likeness (QED) is 0.332. The topological polar surface area (TPSA) is 97.8 Å². The maximum absolute atomic E-state index is 12.6.